The molecule has 19 heavy (non-hydrogen) atoms. The standard InChI is InChI=1S/C16H25NO2/c1-4-6-7-8-13(3)17-15-11-9-14(10-12-15)16(18)19-5-2/h9-13,17H,4-8H2,1-3H3/t13-/m0/s1. The van der Waals surface area contributed by atoms with Gasteiger partial charge < -0.3 is 10.1 Å². The molecule has 0 spiro atoms. The molecule has 0 amide bonds. The van der Waals surface area contributed by atoms with Crippen molar-refractivity contribution < 1.29 is 9.53 Å². The van der Waals surface area contributed by atoms with E-state index in [1.807, 2.05) is 19.1 Å². The summed E-state index contributed by atoms with van der Waals surface area (Å²) in [6, 6.07) is 7.93. The van der Waals surface area contributed by atoms with Crippen LogP contribution in [0.25, 0.3) is 0 Å². The largest absolute Gasteiger partial charge is 0.462 e. The Kier molecular flexibility index (Phi) is 7.01. The fraction of sp³-hybridized carbons (Fsp3) is 0.562. The van der Waals surface area contributed by atoms with Crippen LogP contribution >= 0.6 is 0 Å². The van der Waals surface area contributed by atoms with Gasteiger partial charge in [0.05, 0.1) is 12.2 Å². The van der Waals surface area contributed by atoms with E-state index in [-0.39, 0.29) is 5.97 Å². The highest BCUT2D eigenvalue weighted by atomic mass is 16.5. The lowest BCUT2D eigenvalue weighted by Gasteiger charge is -2.15. The molecule has 1 N–H and O–H groups in total. The maximum Gasteiger partial charge on any atom is 0.338 e. The Hall–Kier alpha value is -1.51. The molecule has 3 heteroatoms. The van der Waals surface area contributed by atoms with Gasteiger partial charge in [-0.05, 0) is 44.5 Å². The van der Waals surface area contributed by atoms with Gasteiger partial charge >= 0.3 is 5.97 Å². The Morgan fingerprint density at radius 2 is 1.89 bits per heavy atom. The summed E-state index contributed by atoms with van der Waals surface area (Å²) in [4.78, 5) is 11.5. The van der Waals surface area contributed by atoms with Crippen LogP contribution in [0.3, 0.4) is 0 Å². The van der Waals surface area contributed by atoms with Gasteiger partial charge in [0.2, 0.25) is 0 Å². The summed E-state index contributed by atoms with van der Waals surface area (Å²) < 4.78 is 4.96. The van der Waals surface area contributed by atoms with Crippen molar-refractivity contribution in [1.82, 2.24) is 0 Å². The molecule has 0 aromatic heterocycles. The maximum absolute atomic E-state index is 11.5. The third kappa shape index (κ3) is 5.77. The van der Waals surface area contributed by atoms with Crippen LogP contribution in [0.5, 0.6) is 0 Å². The number of carbonyl (C=O) groups excluding carboxylic acids is 1. The summed E-state index contributed by atoms with van der Waals surface area (Å²) in [6.45, 7) is 6.63. The van der Waals surface area contributed by atoms with Crippen LogP contribution in [0.15, 0.2) is 24.3 Å². The average Bonchev–Trinajstić information content (AvgIpc) is 2.40. The first kappa shape index (κ1) is 15.5. The second kappa shape index (κ2) is 8.57. The van der Waals surface area contributed by atoms with E-state index in [4.69, 9.17) is 4.74 Å². The fourth-order valence-electron chi connectivity index (χ4n) is 1.97. The minimum atomic E-state index is -0.259. The number of nitrogens with one attached hydrogen (secondary N) is 1. The Morgan fingerprint density at radius 1 is 1.21 bits per heavy atom. The molecule has 0 saturated heterocycles. The topological polar surface area (TPSA) is 38.3 Å². The van der Waals surface area contributed by atoms with Gasteiger partial charge in [-0.3, -0.25) is 0 Å². The lowest BCUT2D eigenvalue weighted by Crippen LogP contribution is -2.15. The zero-order valence-electron chi connectivity index (χ0n) is 12.2. The minimum absolute atomic E-state index is 0.259. The van der Waals surface area contributed by atoms with Gasteiger partial charge in [-0.25, -0.2) is 4.79 Å². The molecule has 0 aliphatic heterocycles. The minimum Gasteiger partial charge on any atom is -0.462 e. The maximum atomic E-state index is 11.5. The van der Waals surface area contributed by atoms with Crippen molar-refractivity contribution in [2.45, 2.75) is 52.5 Å². The summed E-state index contributed by atoms with van der Waals surface area (Å²) in [7, 11) is 0. The number of benzene rings is 1. The van der Waals surface area contributed by atoms with Gasteiger partial charge in [-0.2, -0.15) is 0 Å². The van der Waals surface area contributed by atoms with Gasteiger partial charge in [0.25, 0.3) is 0 Å². The first-order valence-electron chi connectivity index (χ1n) is 7.21. The molecular weight excluding hydrogens is 238 g/mol. The molecule has 0 aliphatic carbocycles. The number of esters is 1. The van der Waals surface area contributed by atoms with Crippen molar-refractivity contribution in [3.05, 3.63) is 29.8 Å². The van der Waals surface area contributed by atoms with Crippen molar-refractivity contribution in [2.75, 3.05) is 11.9 Å². The first-order valence-corrected chi connectivity index (χ1v) is 7.21. The molecule has 0 aliphatic rings. The molecule has 3 nitrogen and oxygen atoms in total. The molecule has 0 radical (unpaired) electrons. The molecule has 1 atom stereocenters. The molecule has 106 valence electrons. The van der Waals surface area contributed by atoms with Crippen LogP contribution in [0.4, 0.5) is 5.69 Å². The van der Waals surface area contributed by atoms with E-state index in [1.165, 1.54) is 25.7 Å². The number of unbranched alkanes of at least 4 members (excludes halogenated alkanes) is 2. The molecular formula is C16H25NO2. The van der Waals surface area contributed by atoms with E-state index >= 15 is 0 Å². The Balaban J connectivity index is 2.45. The smallest absolute Gasteiger partial charge is 0.338 e. The Bertz CT molecular complexity index is 373. The predicted octanol–water partition coefficient (Wildman–Crippen LogP) is 4.24. The lowest BCUT2D eigenvalue weighted by molar-refractivity contribution is 0.0526. The van der Waals surface area contributed by atoms with Crippen molar-refractivity contribution in [1.29, 1.82) is 0 Å². The average molecular weight is 263 g/mol. The number of rotatable bonds is 8. The van der Waals surface area contributed by atoms with Crippen LogP contribution in [0, 0.1) is 0 Å². The summed E-state index contributed by atoms with van der Waals surface area (Å²) in [5.41, 5.74) is 1.66. The van der Waals surface area contributed by atoms with Gasteiger partial charge in [-0.15, -0.1) is 0 Å². The summed E-state index contributed by atoms with van der Waals surface area (Å²) >= 11 is 0. The Labute approximate surface area is 116 Å². The zero-order valence-corrected chi connectivity index (χ0v) is 12.2. The van der Waals surface area contributed by atoms with Gasteiger partial charge in [-0.1, -0.05) is 26.2 Å². The van der Waals surface area contributed by atoms with Crippen LogP contribution in [-0.2, 0) is 4.74 Å². The molecule has 0 saturated carbocycles. The molecule has 1 aromatic carbocycles. The molecule has 0 bridgehead atoms. The first-order chi connectivity index (χ1) is 9.17. The van der Waals surface area contributed by atoms with E-state index in [1.54, 1.807) is 12.1 Å². The molecule has 0 heterocycles. The van der Waals surface area contributed by atoms with Crippen molar-refractivity contribution >= 4 is 11.7 Å². The van der Waals surface area contributed by atoms with E-state index in [9.17, 15) is 4.79 Å². The third-order valence-electron chi connectivity index (χ3n) is 3.05. The SMILES string of the molecule is CCCCC[C@H](C)Nc1ccc(C(=O)OCC)cc1. The van der Waals surface area contributed by atoms with Crippen LogP contribution in [-0.4, -0.2) is 18.6 Å². The molecule has 0 fully saturated rings. The van der Waals surface area contributed by atoms with E-state index in [0.717, 1.165) is 5.69 Å². The normalized spacial score (nSPS) is 11.9. The quantitative estimate of drug-likeness (QED) is 0.563. The second-order valence-electron chi connectivity index (χ2n) is 4.84. The predicted molar refractivity (Wildman–Crippen MR) is 79.6 cm³/mol. The number of ether oxygens (including phenoxy) is 1. The highest BCUT2D eigenvalue weighted by Crippen LogP contribution is 2.14. The number of hydrogen-bond acceptors (Lipinski definition) is 3. The molecule has 1 aromatic rings. The number of anilines is 1. The van der Waals surface area contributed by atoms with Crippen molar-refractivity contribution in [3.63, 3.8) is 0 Å². The number of carbonyl (C=O) groups is 1. The third-order valence-corrected chi connectivity index (χ3v) is 3.05. The van der Waals surface area contributed by atoms with Crippen LogP contribution < -0.4 is 5.32 Å². The summed E-state index contributed by atoms with van der Waals surface area (Å²) in [5, 5.41) is 3.45. The summed E-state index contributed by atoms with van der Waals surface area (Å²) in [6.07, 6.45) is 4.97. The monoisotopic (exact) mass is 263 g/mol. The molecule has 1 rings (SSSR count). The fourth-order valence-corrected chi connectivity index (χ4v) is 1.97. The van der Waals surface area contributed by atoms with Crippen molar-refractivity contribution in [3.8, 4) is 0 Å². The van der Waals surface area contributed by atoms with E-state index < -0.39 is 0 Å². The zero-order chi connectivity index (χ0) is 14.1. The number of hydrogen-bond donors (Lipinski definition) is 1. The van der Waals surface area contributed by atoms with Gasteiger partial charge in [0.15, 0.2) is 0 Å². The van der Waals surface area contributed by atoms with Gasteiger partial charge in [0, 0.05) is 11.7 Å². The highest BCUT2D eigenvalue weighted by molar-refractivity contribution is 5.89. The van der Waals surface area contributed by atoms with E-state index in [0.29, 0.717) is 18.2 Å². The highest BCUT2D eigenvalue weighted by Gasteiger charge is 2.06. The van der Waals surface area contributed by atoms with Crippen molar-refractivity contribution in [2.24, 2.45) is 0 Å². The summed E-state index contributed by atoms with van der Waals surface area (Å²) in [5.74, 6) is -0.259. The van der Waals surface area contributed by atoms with E-state index in [2.05, 4.69) is 19.2 Å². The van der Waals surface area contributed by atoms with Crippen LogP contribution in [0.2, 0.25) is 0 Å². The van der Waals surface area contributed by atoms with Gasteiger partial charge in [0.1, 0.15) is 0 Å². The van der Waals surface area contributed by atoms with Crippen LogP contribution in [0.1, 0.15) is 56.8 Å². The second-order valence-corrected chi connectivity index (χ2v) is 4.84. The lowest BCUT2D eigenvalue weighted by atomic mass is 10.1. The Morgan fingerprint density at radius 3 is 2.47 bits per heavy atom. The molecule has 0 unspecified atom stereocenters.